The Labute approximate surface area is 191 Å². The first-order valence-electron chi connectivity index (χ1n) is 11.1. The van der Waals surface area contributed by atoms with Gasteiger partial charge in [0.15, 0.2) is 17.4 Å². The number of benzene rings is 1. The highest BCUT2D eigenvalue weighted by molar-refractivity contribution is 5.85. The number of fused-ring (bicyclic) bond motifs is 1. The zero-order valence-corrected chi connectivity index (χ0v) is 18.4. The van der Waals surface area contributed by atoms with Crippen LogP contribution in [0.3, 0.4) is 0 Å². The largest absolute Gasteiger partial charge is 0.503 e. The molecule has 1 saturated heterocycles. The van der Waals surface area contributed by atoms with Crippen LogP contribution < -0.4 is 4.90 Å². The summed E-state index contributed by atoms with van der Waals surface area (Å²) in [5.41, 5.74) is -1.83. The maximum absolute atomic E-state index is 14.6. The molecule has 2 aliphatic rings. The van der Waals surface area contributed by atoms with Gasteiger partial charge in [0.05, 0.1) is 29.1 Å². The summed E-state index contributed by atoms with van der Waals surface area (Å²) in [6.07, 6.45) is 0.719. The summed E-state index contributed by atoms with van der Waals surface area (Å²) in [7, 11) is 0. The summed E-state index contributed by atoms with van der Waals surface area (Å²) >= 11 is 0. The molecule has 1 aliphatic carbocycles. The topological polar surface area (TPSA) is 63.4 Å². The van der Waals surface area contributed by atoms with Crippen molar-refractivity contribution in [3.8, 4) is 11.4 Å². The molecule has 0 unspecified atom stereocenters. The van der Waals surface area contributed by atoms with Gasteiger partial charge in [0.25, 0.3) is 0 Å². The average Bonchev–Trinajstić information content (AvgIpc) is 3.58. The van der Waals surface area contributed by atoms with Gasteiger partial charge < -0.3 is 14.7 Å². The Morgan fingerprint density at radius 2 is 1.79 bits per heavy atom. The number of aromatic nitrogens is 3. The van der Waals surface area contributed by atoms with E-state index in [2.05, 4.69) is 15.0 Å². The third kappa shape index (κ3) is 4.17. The lowest BCUT2D eigenvalue weighted by Gasteiger charge is -2.32. The van der Waals surface area contributed by atoms with Crippen molar-refractivity contribution in [3.63, 3.8) is 0 Å². The number of nitrogens with zero attached hydrogens (tertiary/aromatic N) is 4. The summed E-state index contributed by atoms with van der Waals surface area (Å²) in [4.78, 5) is 6.52. The number of hydrogen-bond donors (Lipinski definition) is 1. The molecule has 5 rings (SSSR count). The number of phenolic OH excluding ortho intramolecular Hbond substituents is 1. The number of rotatable bonds is 5. The number of piperidine rings is 1. The lowest BCUT2D eigenvalue weighted by atomic mass is 10.1. The predicted octanol–water partition coefficient (Wildman–Crippen LogP) is 5.13. The van der Waals surface area contributed by atoms with E-state index >= 15 is 0 Å². The van der Waals surface area contributed by atoms with Crippen LogP contribution in [0.1, 0.15) is 36.9 Å². The standard InChI is InChI=1S/C23H23F5N4O2/c1-12-15-8-19(31-6-4-14(5-7-31)34-11-13-2-3-13)29-10-18(15)32(30-12)17-9-16(23(26,27)28)20(24)22(33)21(17)25/h8-10,13-14,33H,2-7,11H2,1H3. The van der Waals surface area contributed by atoms with E-state index in [1.807, 2.05) is 0 Å². The second-order valence-corrected chi connectivity index (χ2v) is 8.94. The fourth-order valence-electron chi connectivity index (χ4n) is 4.29. The van der Waals surface area contributed by atoms with Gasteiger partial charge in [-0.05, 0) is 50.7 Å². The fraction of sp³-hybridized carbons (Fsp3) is 0.478. The van der Waals surface area contributed by atoms with Crippen molar-refractivity contribution in [1.82, 2.24) is 14.8 Å². The van der Waals surface area contributed by atoms with Gasteiger partial charge in [-0.15, -0.1) is 0 Å². The molecule has 1 saturated carbocycles. The molecule has 1 aromatic carbocycles. The molecular formula is C23H23F5N4O2. The summed E-state index contributed by atoms with van der Waals surface area (Å²) in [6.45, 7) is 3.94. The van der Waals surface area contributed by atoms with Crippen molar-refractivity contribution in [2.75, 3.05) is 24.6 Å². The number of anilines is 1. The van der Waals surface area contributed by atoms with Crippen LogP contribution in [0, 0.1) is 24.5 Å². The van der Waals surface area contributed by atoms with Crippen LogP contribution in [0.15, 0.2) is 18.3 Å². The molecule has 3 heterocycles. The third-order valence-corrected chi connectivity index (χ3v) is 6.46. The van der Waals surface area contributed by atoms with E-state index in [0.29, 0.717) is 28.9 Å². The zero-order chi connectivity index (χ0) is 24.2. The summed E-state index contributed by atoms with van der Waals surface area (Å²) in [6, 6.07) is 2.06. The molecule has 0 bridgehead atoms. The minimum atomic E-state index is -5.12. The van der Waals surface area contributed by atoms with Crippen LogP contribution in [0.5, 0.6) is 5.75 Å². The monoisotopic (exact) mass is 482 g/mol. The van der Waals surface area contributed by atoms with E-state index in [1.165, 1.54) is 19.0 Å². The van der Waals surface area contributed by atoms with Gasteiger partial charge in [-0.1, -0.05) is 0 Å². The number of halogens is 5. The molecule has 0 radical (unpaired) electrons. The van der Waals surface area contributed by atoms with Gasteiger partial charge in [-0.3, -0.25) is 0 Å². The summed E-state index contributed by atoms with van der Waals surface area (Å²) in [5.74, 6) is -3.92. The van der Waals surface area contributed by atoms with Gasteiger partial charge in [0, 0.05) is 25.1 Å². The minimum absolute atomic E-state index is 0.224. The lowest BCUT2D eigenvalue weighted by molar-refractivity contribution is -0.140. The highest BCUT2D eigenvalue weighted by atomic mass is 19.4. The molecule has 182 valence electrons. The van der Waals surface area contributed by atoms with E-state index in [4.69, 9.17) is 4.74 Å². The average molecular weight is 482 g/mol. The van der Waals surface area contributed by atoms with E-state index < -0.39 is 34.8 Å². The number of ether oxygens (including phenoxy) is 1. The third-order valence-electron chi connectivity index (χ3n) is 6.46. The first kappa shape index (κ1) is 22.8. The van der Waals surface area contributed by atoms with Gasteiger partial charge in [0.2, 0.25) is 0 Å². The molecule has 0 amide bonds. The van der Waals surface area contributed by atoms with E-state index in [1.54, 1.807) is 13.0 Å². The molecule has 0 spiro atoms. The minimum Gasteiger partial charge on any atom is -0.503 e. The molecule has 1 N–H and O–H groups in total. The quantitative estimate of drug-likeness (QED) is 0.511. The van der Waals surface area contributed by atoms with Crippen LogP contribution >= 0.6 is 0 Å². The van der Waals surface area contributed by atoms with Crippen LogP contribution in [0.4, 0.5) is 27.8 Å². The first-order chi connectivity index (χ1) is 16.1. The number of phenols is 1. The smallest absolute Gasteiger partial charge is 0.419 e. The Balaban J connectivity index is 1.44. The molecule has 0 atom stereocenters. The highest BCUT2D eigenvalue weighted by Crippen LogP contribution is 2.39. The normalized spacial score (nSPS) is 17.6. The SMILES string of the molecule is Cc1nn(-c2cc(C(F)(F)F)c(F)c(O)c2F)c2cnc(N3CCC(OCC4CC4)CC3)cc12. The predicted molar refractivity (Wildman–Crippen MR) is 114 cm³/mol. The Kier molecular flexibility index (Phi) is 5.62. The van der Waals surface area contributed by atoms with E-state index in [9.17, 15) is 27.1 Å². The number of alkyl halides is 3. The zero-order valence-electron chi connectivity index (χ0n) is 18.4. The highest BCUT2D eigenvalue weighted by Gasteiger charge is 2.38. The number of hydrogen-bond acceptors (Lipinski definition) is 5. The van der Waals surface area contributed by atoms with Crippen molar-refractivity contribution >= 4 is 16.7 Å². The molecule has 3 aromatic rings. The van der Waals surface area contributed by atoms with Crippen molar-refractivity contribution < 1.29 is 31.8 Å². The molecular weight excluding hydrogens is 459 g/mol. The van der Waals surface area contributed by atoms with Crippen LogP contribution in [-0.4, -0.2) is 45.7 Å². The van der Waals surface area contributed by atoms with E-state index in [0.717, 1.165) is 37.2 Å². The number of aromatic hydroxyl groups is 1. The van der Waals surface area contributed by atoms with Gasteiger partial charge in [-0.2, -0.15) is 18.3 Å². The van der Waals surface area contributed by atoms with Crippen molar-refractivity contribution in [2.45, 2.75) is 44.9 Å². The molecule has 6 nitrogen and oxygen atoms in total. The maximum atomic E-state index is 14.6. The van der Waals surface area contributed by atoms with Crippen molar-refractivity contribution in [2.24, 2.45) is 5.92 Å². The van der Waals surface area contributed by atoms with Crippen LogP contribution in [0.2, 0.25) is 0 Å². The second-order valence-electron chi connectivity index (χ2n) is 8.94. The van der Waals surface area contributed by atoms with Gasteiger partial charge in [0.1, 0.15) is 11.5 Å². The number of aryl methyl sites for hydroxylation is 1. The fourth-order valence-corrected chi connectivity index (χ4v) is 4.29. The second kappa shape index (κ2) is 8.37. The van der Waals surface area contributed by atoms with Crippen molar-refractivity contribution in [1.29, 1.82) is 0 Å². The van der Waals surface area contributed by atoms with Gasteiger partial charge >= 0.3 is 6.18 Å². The van der Waals surface area contributed by atoms with Crippen LogP contribution in [0.25, 0.3) is 16.6 Å². The van der Waals surface area contributed by atoms with Crippen molar-refractivity contribution in [3.05, 3.63) is 41.2 Å². The van der Waals surface area contributed by atoms with E-state index in [-0.39, 0.29) is 11.6 Å². The molecule has 2 fully saturated rings. The summed E-state index contributed by atoms with van der Waals surface area (Å²) in [5, 5.41) is 14.4. The Morgan fingerprint density at radius 1 is 1.09 bits per heavy atom. The number of pyridine rings is 1. The van der Waals surface area contributed by atoms with Crippen LogP contribution in [-0.2, 0) is 10.9 Å². The Bertz CT molecular complexity index is 1230. The molecule has 2 aromatic heterocycles. The Hall–Kier alpha value is -2.95. The Morgan fingerprint density at radius 3 is 2.44 bits per heavy atom. The first-order valence-corrected chi connectivity index (χ1v) is 11.1. The van der Waals surface area contributed by atoms with Gasteiger partial charge in [-0.25, -0.2) is 18.4 Å². The lowest BCUT2D eigenvalue weighted by Crippen LogP contribution is -2.37. The molecule has 34 heavy (non-hydrogen) atoms. The molecule has 11 heteroatoms. The summed E-state index contributed by atoms with van der Waals surface area (Å²) < 4.78 is 75.0. The maximum Gasteiger partial charge on any atom is 0.419 e. The molecule has 1 aliphatic heterocycles.